The molecule has 1 aromatic heterocycles. The first-order valence-electron chi connectivity index (χ1n) is 6.99. The average Bonchev–Trinajstić information content (AvgIpc) is 2.96. The van der Waals surface area contributed by atoms with Gasteiger partial charge >= 0.3 is 5.97 Å². The first-order valence-corrected chi connectivity index (χ1v) is 6.99. The van der Waals surface area contributed by atoms with Crippen molar-refractivity contribution in [2.75, 3.05) is 13.1 Å². The molecule has 7 nitrogen and oxygen atoms in total. The summed E-state index contributed by atoms with van der Waals surface area (Å²) in [5.41, 5.74) is 0. The normalized spacial score (nSPS) is 19.0. The van der Waals surface area contributed by atoms with E-state index in [9.17, 15) is 9.59 Å². The molecule has 2 rings (SSSR count). The van der Waals surface area contributed by atoms with Crippen LogP contribution >= 0.6 is 0 Å². The molecule has 0 aromatic carbocycles. The molecule has 1 aliphatic heterocycles. The van der Waals surface area contributed by atoms with Crippen molar-refractivity contribution in [2.24, 2.45) is 5.92 Å². The highest BCUT2D eigenvalue weighted by Crippen LogP contribution is 2.21. The maximum Gasteiger partial charge on any atom is 0.303 e. The summed E-state index contributed by atoms with van der Waals surface area (Å²) in [7, 11) is 0. The van der Waals surface area contributed by atoms with Crippen LogP contribution in [-0.2, 0) is 16.1 Å². The van der Waals surface area contributed by atoms with E-state index >= 15 is 0 Å². The van der Waals surface area contributed by atoms with Gasteiger partial charge in [-0.05, 0) is 25.2 Å². The fraction of sp³-hybridized carbons (Fsp3) is 0.692. The van der Waals surface area contributed by atoms with Crippen molar-refractivity contribution in [2.45, 2.75) is 38.6 Å². The highest BCUT2D eigenvalue weighted by molar-refractivity contribution is 5.76. The third-order valence-electron chi connectivity index (χ3n) is 3.66. The lowest BCUT2D eigenvalue weighted by Crippen LogP contribution is -2.40. The number of carboxylic acid groups (broad SMARTS) is 1. The molecule has 1 amide bonds. The Hall–Kier alpha value is -1.92. The standard InChI is InChI=1S/C13H20N4O3/c18-12(5-8-17-9-6-14-15-17)16-7-1-2-11(10-16)3-4-13(19)20/h6,9,11H,1-5,7-8,10H2,(H,19,20). The topological polar surface area (TPSA) is 88.3 Å². The number of rotatable bonds is 6. The van der Waals surface area contributed by atoms with Crippen LogP contribution in [0.25, 0.3) is 0 Å². The number of nitrogens with zero attached hydrogens (tertiary/aromatic N) is 4. The van der Waals surface area contributed by atoms with E-state index in [2.05, 4.69) is 10.3 Å². The van der Waals surface area contributed by atoms with Gasteiger partial charge in [-0.2, -0.15) is 0 Å². The first-order chi connectivity index (χ1) is 9.65. The Bertz CT molecular complexity index is 446. The Morgan fingerprint density at radius 3 is 2.90 bits per heavy atom. The summed E-state index contributed by atoms with van der Waals surface area (Å²) < 4.78 is 1.64. The highest BCUT2D eigenvalue weighted by Gasteiger charge is 2.23. The van der Waals surface area contributed by atoms with Gasteiger partial charge in [0.2, 0.25) is 5.91 Å². The van der Waals surface area contributed by atoms with Crippen molar-refractivity contribution in [3.63, 3.8) is 0 Å². The van der Waals surface area contributed by atoms with Gasteiger partial charge in [0.1, 0.15) is 0 Å². The molecule has 7 heteroatoms. The zero-order valence-corrected chi connectivity index (χ0v) is 11.4. The maximum atomic E-state index is 12.1. The van der Waals surface area contributed by atoms with E-state index in [1.165, 1.54) is 0 Å². The summed E-state index contributed by atoms with van der Waals surface area (Å²) in [5, 5.41) is 16.2. The van der Waals surface area contributed by atoms with Gasteiger partial charge in [-0.3, -0.25) is 14.3 Å². The summed E-state index contributed by atoms with van der Waals surface area (Å²) in [5.74, 6) is -0.338. The van der Waals surface area contributed by atoms with E-state index in [-0.39, 0.29) is 12.3 Å². The molecule has 2 heterocycles. The number of carboxylic acids is 1. The van der Waals surface area contributed by atoms with E-state index < -0.39 is 5.97 Å². The molecule has 0 radical (unpaired) electrons. The molecule has 1 unspecified atom stereocenters. The smallest absolute Gasteiger partial charge is 0.303 e. The number of amides is 1. The average molecular weight is 280 g/mol. The number of aliphatic carboxylic acids is 1. The second kappa shape index (κ2) is 7.02. The van der Waals surface area contributed by atoms with Crippen LogP contribution in [-0.4, -0.2) is 50.0 Å². The molecule has 110 valence electrons. The minimum atomic E-state index is -0.764. The lowest BCUT2D eigenvalue weighted by Gasteiger charge is -2.32. The number of piperidine rings is 1. The molecule has 1 atom stereocenters. The van der Waals surface area contributed by atoms with Gasteiger partial charge in [-0.25, -0.2) is 0 Å². The Morgan fingerprint density at radius 1 is 1.35 bits per heavy atom. The Labute approximate surface area is 117 Å². The Morgan fingerprint density at radius 2 is 2.20 bits per heavy atom. The number of aromatic nitrogens is 3. The van der Waals surface area contributed by atoms with Gasteiger partial charge < -0.3 is 10.0 Å². The largest absolute Gasteiger partial charge is 0.481 e. The van der Waals surface area contributed by atoms with Crippen LogP contribution in [0.15, 0.2) is 12.4 Å². The van der Waals surface area contributed by atoms with E-state index in [0.717, 1.165) is 19.4 Å². The molecular weight excluding hydrogens is 260 g/mol. The van der Waals surface area contributed by atoms with Crippen molar-refractivity contribution in [1.82, 2.24) is 19.9 Å². The molecule has 0 saturated carbocycles. The number of hydrogen-bond donors (Lipinski definition) is 1. The fourth-order valence-corrected chi connectivity index (χ4v) is 2.58. The van der Waals surface area contributed by atoms with Gasteiger partial charge in [0.05, 0.1) is 12.7 Å². The quantitative estimate of drug-likeness (QED) is 0.831. The third-order valence-corrected chi connectivity index (χ3v) is 3.66. The van der Waals surface area contributed by atoms with Gasteiger partial charge in [0.25, 0.3) is 0 Å². The second-order valence-corrected chi connectivity index (χ2v) is 5.20. The molecule has 0 aliphatic carbocycles. The summed E-state index contributed by atoms with van der Waals surface area (Å²) in [4.78, 5) is 24.6. The third kappa shape index (κ3) is 4.32. The SMILES string of the molecule is O=C(O)CCC1CCCN(C(=O)CCn2ccnn2)C1. The molecule has 1 aliphatic rings. The van der Waals surface area contributed by atoms with Crippen molar-refractivity contribution < 1.29 is 14.7 Å². The number of aryl methyl sites for hydroxylation is 1. The summed E-state index contributed by atoms with van der Waals surface area (Å²) in [6, 6.07) is 0. The van der Waals surface area contributed by atoms with Crippen LogP contribution in [0.3, 0.4) is 0 Å². The van der Waals surface area contributed by atoms with Crippen LogP contribution < -0.4 is 0 Å². The van der Waals surface area contributed by atoms with Crippen LogP contribution in [0.5, 0.6) is 0 Å². The molecule has 0 bridgehead atoms. The predicted octanol–water partition coefficient (Wildman–Crippen LogP) is 0.772. The minimum absolute atomic E-state index is 0.112. The van der Waals surface area contributed by atoms with E-state index in [1.54, 1.807) is 17.1 Å². The number of carbonyl (C=O) groups excluding carboxylic acids is 1. The Balaban J connectivity index is 1.76. The highest BCUT2D eigenvalue weighted by atomic mass is 16.4. The molecule has 20 heavy (non-hydrogen) atoms. The Kier molecular flexibility index (Phi) is 5.09. The van der Waals surface area contributed by atoms with Crippen molar-refractivity contribution >= 4 is 11.9 Å². The van der Waals surface area contributed by atoms with Crippen molar-refractivity contribution in [3.8, 4) is 0 Å². The zero-order valence-electron chi connectivity index (χ0n) is 11.4. The van der Waals surface area contributed by atoms with Crippen LogP contribution in [0, 0.1) is 5.92 Å². The van der Waals surface area contributed by atoms with E-state index in [0.29, 0.717) is 31.8 Å². The van der Waals surface area contributed by atoms with Gasteiger partial charge in [-0.15, -0.1) is 5.10 Å². The van der Waals surface area contributed by atoms with E-state index in [4.69, 9.17) is 5.11 Å². The van der Waals surface area contributed by atoms with Gasteiger partial charge in [0.15, 0.2) is 0 Å². The lowest BCUT2D eigenvalue weighted by atomic mass is 9.93. The number of carbonyl (C=O) groups is 2. The predicted molar refractivity (Wildman–Crippen MR) is 70.8 cm³/mol. The zero-order chi connectivity index (χ0) is 14.4. The number of hydrogen-bond acceptors (Lipinski definition) is 4. The lowest BCUT2D eigenvalue weighted by molar-refractivity contribution is -0.137. The van der Waals surface area contributed by atoms with E-state index in [1.807, 2.05) is 4.90 Å². The fourth-order valence-electron chi connectivity index (χ4n) is 2.58. The summed E-state index contributed by atoms with van der Waals surface area (Å²) in [6.45, 7) is 2.00. The molecule has 1 saturated heterocycles. The number of likely N-dealkylation sites (tertiary alicyclic amines) is 1. The van der Waals surface area contributed by atoms with Crippen LogP contribution in [0.4, 0.5) is 0 Å². The summed E-state index contributed by atoms with van der Waals surface area (Å²) in [6.07, 6.45) is 6.55. The monoisotopic (exact) mass is 280 g/mol. The first kappa shape index (κ1) is 14.5. The van der Waals surface area contributed by atoms with Gasteiger partial charge in [-0.1, -0.05) is 5.21 Å². The van der Waals surface area contributed by atoms with Crippen molar-refractivity contribution in [3.05, 3.63) is 12.4 Å². The molecule has 0 spiro atoms. The minimum Gasteiger partial charge on any atom is -0.481 e. The van der Waals surface area contributed by atoms with Gasteiger partial charge in [0, 0.05) is 32.1 Å². The van der Waals surface area contributed by atoms with Crippen LogP contribution in [0.2, 0.25) is 0 Å². The molecule has 1 fully saturated rings. The molecule has 1 N–H and O–H groups in total. The molecular formula is C13H20N4O3. The second-order valence-electron chi connectivity index (χ2n) is 5.20. The molecule has 1 aromatic rings. The maximum absolute atomic E-state index is 12.1. The van der Waals surface area contributed by atoms with Crippen molar-refractivity contribution in [1.29, 1.82) is 0 Å². The van der Waals surface area contributed by atoms with Crippen LogP contribution in [0.1, 0.15) is 32.1 Å². The summed E-state index contributed by atoms with van der Waals surface area (Å²) >= 11 is 0.